The number of hydrogen-bond acceptors (Lipinski definition) is 2. The smallest absolute Gasteiger partial charge is 0.241 e. The normalized spacial score (nSPS) is 18.6. The highest BCUT2D eigenvalue weighted by atomic mass is 16.2. The highest BCUT2D eigenvalue weighted by molar-refractivity contribution is 5.83. The van der Waals surface area contributed by atoms with Gasteiger partial charge in [-0.05, 0) is 36.0 Å². The standard InChI is InChI=1S/C18H20N2O/c19-17(14-7-2-1-3-8-14)18(21)20-16-11-10-13-6-4-5-9-15(13)12-16/h1-9,16-17H,10-12,19H2,(H,20,21). The van der Waals surface area contributed by atoms with Crippen molar-refractivity contribution in [3.8, 4) is 0 Å². The minimum absolute atomic E-state index is 0.0921. The highest BCUT2D eigenvalue weighted by Crippen LogP contribution is 2.21. The molecule has 3 heteroatoms. The number of aryl methyl sites for hydroxylation is 1. The number of nitrogens with one attached hydrogen (secondary N) is 1. The molecule has 0 bridgehead atoms. The predicted octanol–water partition coefficient (Wildman–Crippen LogP) is 2.36. The van der Waals surface area contributed by atoms with E-state index >= 15 is 0 Å². The van der Waals surface area contributed by atoms with Crippen LogP contribution in [0.15, 0.2) is 54.6 Å². The molecule has 21 heavy (non-hydrogen) atoms. The molecule has 1 aliphatic rings. The molecule has 1 amide bonds. The number of amides is 1. The summed E-state index contributed by atoms with van der Waals surface area (Å²) >= 11 is 0. The molecule has 0 saturated carbocycles. The molecule has 3 rings (SSSR count). The topological polar surface area (TPSA) is 55.1 Å². The number of fused-ring (bicyclic) bond motifs is 1. The van der Waals surface area contributed by atoms with E-state index in [1.54, 1.807) is 0 Å². The minimum Gasteiger partial charge on any atom is -0.351 e. The molecule has 0 aliphatic heterocycles. The minimum atomic E-state index is -0.594. The van der Waals surface area contributed by atoms with Crippen molar-refractivity contribution in [2.24, 2.45) is 5.73 Å². The molecule has 108 valence electrons. The molecule has 2 unspecified atom stereocenters. The SMILES string of the molecule is NC(C(=O)NC1CCc2ccccc2C1)c1ccccc1. The zero-order chi connectivity index (χ0) is 14.7. The first-order chi connectivity index (χ1) is 10.2. The number of rotatable bonds is 3. The number of nitrogens with two attached hydrogens (primary N) is 1. The van der Waals surface area contributed by atoms with Crippen LogP contribution in [0, 0.1) is 0 Å². The van der Waals surface area contributed by atoms with E-state index in [1.807, 2.05) is 30.3 Å². The second kappa shape index (κ2) is 6.10. The van der Waals surface area contributed by atoms with Gasteiger partial charge in [-0.15, -0.1) is 0 Å². The zero-order valence-electron chi connectivity index (χ0n) is 12.0. The van der Waals surface area contributed by atoms with Gasteiger partial charge < -0.3 is 11.1 Å². The molecule has 3 nitrogen and oxygen atoms in total. The summed E-state index contributed by atoms with van der Waals surface area (Å²) in [7, 11) is 0. The molecule has 3 N–H and O–H groups in total. The summed E-state index contributed by atoms with van der Waals surface area (Å²) in [6, 6.07) is 17.5. The summed E-state index contributed by atoms with van der Waals surface area (Å²) in [4.78, 5) is 12.3. The van der Waals surface area contributed by atoms with Gasteiger partial charge in [-0.25, -0.2) is 0 Å². The van der Waals surface area contributed by atoms with Gasteiger partial charge >= 0.3 is 0 Å². The molecule has 0 saturated heterocycles. The zero-order valence-corrected chi connectivity index (χ0v) is 12.0. The van der Waals surface area contributed by atoms with E-state index in [9.17, 15) is 4.79 Å². The molecule has 0 radical (unpaired) electrons. The van der Waals surface area contributed by atoms with Crippen LogP contribution in [0.5, 0.6) is 0 Å². The maximum absolute atomic E-state index is 12.3. The average molecular weight is 280 g/mol. The van der Waals surface area contributed by atoms with Gasteiger partial charge in [0.1, 0.15) is 6.04 Å². The first-order valence-electron chi connectivity index (χ1n) is 7.42. The molecule has 2 atom stereocenters. The molecular weight excluding hydrogens is 260 g/mol. The third-order valence-electron chi connectivity index (χ3n) is 4.13. The van der Waals surface area contributed by atoms with Crippen molar-refractivity contribution in [3.63, 3.8) is 0 Å². The van der Waals surface area contributed by atoms with Crippen molar-refractivity contribution in [2.75, 3.05) is 0 Å². The van der Waals surface area contributed by atoms with Crippen molar-refractivity contribution < 1.29 is 4.79 Å². The van der Waals surface area contributed by atoms with Gasteiger partial charge in [-0.3, -0.25) is 4.79 Å². The van der Waals surface area contributed by atoms with E-state index in [0.717, 1.165) is 24.8 Å². The Morgan fingerprint density at radius 3 is 2.48 bits per heavy atom. The number of carbonyl (C=O) groups excluding carboxylic acids is 1. The second-order valence-electron chi connectivity index (χ2n) is 5.61. The van der Waals surface area contributed by atoms with Crippen LogP contribution < -0.4 is 11.1 Å². The van der Waals surface area contributed by atoms with E-state index in [0.29, 0.717) is 0 Å². The van der Waals surface area contributed by atoms with Gasteiger partial charge in [-0.2, -0.15) is 0 Å². The monoisotopic (exact) mass is 280 g/mol. The summed E-state index contributed by atoms with van der Waals surface area (Å²) in [6.45, 7) is 0. The van der Waals surface area contributed by atoms with E-state index in [1.165, 1.54) is 11.1 Å². The Bertz CT molecular complexity index is 624. The Balaban J connectivity index is 1.64. The van der Waals surface area contributed by atoms with Gasteiger partial charge in [0.15, 0.2) is 0 Å². The van der Waals surface area contributed by atoms with Crippen molar-refractivity contribution >= 4 is 5.91 Å². The number of hydrogen-bond donors (Lipinski definition) is 2. The summed E-state index contributed by atoms with van der Waals surface area (Å²) < 4.78 is 0. The first-order valence-corrected chi connectivity index (χ1v) is 7.42. The fourth-order valence-electron chi connectivity index (χ4n) is 2.92. The van der Waals surface area contributed by atoms with E-state index in [-0.39, 0.29) is 11.9 Å². The van der Waals surface area contributed by atoms with Crippen LogP contribution in [-0.4, -0.2) is 11.9 Å². The fourth-order valence-corrected chi connectivity index (χ4v) is 2.92. The lowest BCUT2D eigenvalue weighted by atomic mass is 9.88. The Labute approximate surface area is 125 Å². The van der Waals surface area contributed by atoms with Crippen LogP contribution >= 0.6 is 0 Å². The summed E-state index contributed by atoms with van der Waals surface area (Å²) in [5.74, 6) is -0.0921. The van der Waals surface area contributed by atoms with Crippen LogP contribution in [0.2, 0.25) is 0 Å². The summed E-state index contributed by atoms with van der Waals surface area (Å²) in [5, 5.41) is 3.09. The fraction of sp³-hybridized carbons (Fsp3) is 0.278. The van der Waals surface area contributed by atoms with Crippen molar-refractivity contribution in [1.29, 1.82) is 0 Å². The molecule has 2 aromatic carbocycles. The molecule has 0 fully saturated rings. The van der Waals surface area contributed by atoms with Crippen LogP contribution in [0.3, 0.4) is 0 Å². The Morgan fingerprint density at radius 1 is 1.05 bits per heavy atom. The average Bonchev–Trinajstić information content (AvgIpc) is 2.55. The van der Waals surface area contributed by atoms with Gasteiger partial charge in [0.25, 0.3) is 0 Å². The highest BCUT2D eigenvalue weighted by Gasteiger charge is 2.23. The lowest BCUT2D eigenvalue weighted by molar-refractivity contribution is -0.123. The molecule has 0 heterocycles. The van der Waals surface area contributed by atoms with Gasteiger partial charge in [-0.1, -0.05) is 54.6 Å². The van der Waals surface area contributed by atoms with E-state index in [4.69, 9.17) is 5.73 Å². The molecular formula is C18H20N2O. The Morgan fingerprint density at radius 2 is 1.71 bits per heavy atom. The van der Waals surface area contributed by atoms with E-state index in [2.05, 4.69) is 29.6 Å². The van der Waals surface area contributed by atoms with Gasteiger partial charge in [0.05, 0.1) is 0 Å². The Kier molecular flexibility index (Phi) is 4.02. The van der Waals surface area contributed by atoms with Gasteiger partial charge in [0.2, 0.25) is 5.91 Å². The van der Waals surface area contributed by atoms with Gasteiger partial charge in [0, 0.05) is 6.04 Å². The van der Waals surface area contributed by atoms with Crippen LogP contribution in [-0.2, 0) is 17.6 Å². The van der Waals surface area contributed by atoms with Crippen molar-refractivity contribution in [2.45, 2.75) is 31.3 Å². The second-order valence-corrected chi connectivity index (χ2v) is 5.61. The largest absolute Gasteiger partial charge is 0.351 e. The summed E-state index contributed by atoms with van der Waals surface area (Å²) in [6.07, 6.45) is 2.88. The quantitative estimate of drug-likeness (QED) is 0.907. The van der Waals surface area contributed by atoms with Crippen LogP contribution in [0.25, 0.3) is 0 Å². The molecule has 0 spiro atoms. The lowest BCUT2D eigenvalue weighted by Gasteiger charge is -2.26. The van der Waals surface area contributed by atoms with Crippen LogP contribution in [0.1, 0.15) is 29.2 Å². The van der Waals surface area contributed by atoms with Crippen molar-refractivity contribution in [1.82, 2.24) is 5.32 Å². The maximum atomic E-state index is 12.3. The molecule has 0 aromatic heterocycles. The first kappa shape index (κ1) is 13.8. The third-order valence-corrected chi connectivity index (χ3v) is 4.13. The predicted molar refractivity (Wildman–Crippen MR) is 83.8 cm³/mol. The summed E-state index contributed by atoms with van der Waals surface area (Å²) in [5.41, 5.74) is 9.63. The van der Waals surface area contributed by atoms with E-state index < -0.39 is 6.04 Å². The maximum Gasteiger partial charge on any atom is 0.241 e. The molecule has 1 aliphatic carbocycles. The lowest BCUT2D eigenvalue weighted by Crippen LogP contribution is -2.43. The third kappa shape index (κ3) is 3.14. The number of carbonyl (C=O) groups is 1. The van der Waals surface area contributed by atoms with Crippen LogP contribution in [0.4, 0.5) is 0 Å². The molecule has 2 aromatic rings. The Hall–Kier alpha value is -2.13. The number of benzene rings is 2. The van der Waals surface area contributed by atoms with Crippen molar-refractivity contribution in [3.05, 3.63) is 71.3 Å².